The van der Waals surface area contributed by atoms with Crippen LogP contribution < -0.4 is 0 Å². The first-order chi connectivity index (χ1) is 19.3. The molecule has 4 heteroatoms. The Hall–Kier alpha value is -4.51. The second-order valence-corrected chi connectivity index (χ2v) is 12.1. The van der Waals surface area contributed by atoms with Crippen molar-refractivity contribution in [1.82, 2.24) is 9.38 Å². The van der Waals surface area contributed by atoms with Crippen LogP contribution in [0.2, 0.25) is 0 Å². The molecule has 0 aliphatic rings. The molecule has 9 rings (SSSR count). The van der Waals surface area contributed by atoms with Crippen LogP contribution in [0.5, 0.6) is 0 Å². The molecule has 0 amide bonds. The van der Waals surface area contributed by atoms with Gasteiger partial charge in [-0.2, -0.15) is 0 Å². The van der Waals surface area contributed by atoms with Gasteiger partial charge in [-0.3, -0.25) is 4.40 Å². The van der Waals surface area contributed by atoms with Gasteiger partial charge in [0.15, 0.2) is 5.65 Å². The van der Waals surface area contributed by atoms with Crippen LogP contribution in [0.4, 0.5) is 0 Å². The highest BCUT2D eigenvalue weighted by Gasteiger charge is 2.18. The Balaban J connectivity index is 1.29. The van der Waals surface area contributed by atoms with E-state index >= 15 is 0 Å². The minimum atomic E-state index is 1.02. The standard InChI is InChI=1S/C35H20N2S2/c1-5-14-31-24(8-1)26-11-7-10-23(33(26)38-31)21-16-18-22(19-17-21)30-20-27-25-9-2-6-15-32(25)39-34(27)35-36-28-12-3-4-13-29(28)37(30)35/h1-20H. The first-order valence-electron chi connectivity index (χ1n) is 13.1. The number of benzene rings is 5. The Morgan fingerprint density at radius 2 is 1.15 bits per heavy atom. The van der Waals surface area contributed by atoms with Gasteiger partial charge in [0.25, 0.3) is 0 Å². The maximum atomic E-state index is 5.12. The quantitative estimate of drug-likeness (QED) is 0.216. The second-order valence-electron chi connectivity index (χ2n) is 9.99. The van der Waals surface area contributed by atoms with Gasteiger partial charge < -0.3 is 0 Å². The number of para-hydroxylation sites is 2. The highest BCUT2D eigenvalue weighted by atomic mass is 32.1. The number of thiophene rings is 2. The summed E-state index contributed by atoms with van der Waals surface area (Å²) in [6.07, 6.45) is 0. The lowest BCUT2D eigenvalue weighted by atomic mass is 10.00. The molecule has 0 unspecified atom stereocenters. The van der Waals surface area contributed by atoms with Crippen molar-refractivity contribution in [2.75, 3.05) is 0 Å². The third-order valence-electron chi connectivity index (χ3n) is 7.82. The van der Waals surface area contributed by atoms with Gasteiger partial charge >= 0.3 is 0 Å². The van der Waals surface area contributed by atoms with E-state index in [0.717, 1.165) is 16.7 Å². The summed E-state index contributed by atoms with van der Waals surface area (Å²) in [7, 11) is 0. The fourth-order valence-electron chi connectivity index (χ4n) is 6.01. The van der Waals surface area contributed by atoms with E-state index in [-0.39, 0.29) is 0 Å². The van der Waals surface area contributed by atoms with Gasteiger partial charge in [-0.15, -0.1) is 22.7 Å². The molecular weight excluding hydrogens is 513 g/mol. The monoisotopic (exact) mass is 532 g/mol. The zero-order valence-corrected chi connectivity index (χ0v) is 22.4. The van der Waals surface area contributed by atoms with Gasteiger partial charge in [-0.25, -0.2) is 4.98 Å². The third-order valence-corrected chi connectivity index (χ3v) is 10.2. The van der Waals surface area contributed by atoms with Gasteiger partial charge in [0.05, 0.1) is 21.4 Å². The Labute approximate surface area is 232 Å². The van der Waals surface area contributed by atoms with Gasteiger partial charge in [0, 0.05) is 35.6 Å². The summed E-state index contributed by atoms with van der Waals surface area (Å²) < 4.78 is 7.56. The lowest BCUT2D eigenvalue weighted by molar-refractivity contribution is 1.25. The predicted octanol–water partition coefficient (Wildman–Crippen LogP) is 10.6. The fourth-order valence-corrected chi connectivity index (χ4v) is 8.41. The van der Waals surface area contributed by atoms with E-state index in [1.165, 1.54) is 62.7 Å². The van der Waals surface area contributed by atoms with Gasteiger partial charge in [-0.1, -0.05) is 91.0 Å². The second kappa shape index (κ2) is 8.00. The van der Waals surface area contributed by atoms with Crippen LogP contribution in [-0.2, 0) is 0 Å². The molecule has 4 heterocycles. The molecule has 0 spiro atoms. The first kappa shape index (κ1) is 21.4. The molecule has 5 aromatic carbocycles. The van der Waals surface area contributed by atoms with Crippen LogP contribution in [0.15, 0.2) is 121 Å². The molecule has 4 aromatic heterocycles. The summed E-state index contributed by atoms with van der Waals surface area (Å²) >= 11 is 3.71. The van der Waals surface area contributed by atoms with Crippen LogP contribution >= 0.6 is 22.7 Å². The molecule has 0 atom stereocenters. The summed E-state index contributed by atoms with van der Waals surface area (Å²) in [6.45, 7) is 0. The predicted molar refractivity (Wildman–Crippen MR) is 169 cm³/mol. The number of rotatable bonds is 2. The summed E-state index contributed by atoms with van der Waals surface area (Å²) in [5.74, 6) is 0. The number of pyridine rings is 1. The summed E-state index contributed by atoms with van der Waals surface area (Å²) in [6, 6.07) is 44.0. The molecule has 0 N–H and O–H groups in total. The fraction of sp³-hybridized carbons (Fsp3) is 0. The van der Waals surface area contributed by atoms with Crippen molar-refractivity contribution >= 4 is 79.7 Å². The molecule has 39 heavy (non-hydrogen) atoms. The largest absolute Gasteiger partial charge is 0.291 e. The maximum Gasteiger partial charge on any atom is 0.156 e. The number of aromatic nitrogens is 2. The molecule has 9 aromatic rings. The Kier molecular flexibility index (Phi) is 4.39. The van der Waals surface area contributed by atoms with Crippen molar-refractivity contribution in [2.45, 2.75) is 0 Å². The smallest absolute Gasteiger partial charge is 0.156 e. The zero-order valence-electron chi connectivity index (χ0n) is 20.8. The molecule has 0 bridgehead atoms. The molecule has 0 saturated heterocycles. The number of hydrogen-bond donors (Lipinski definition) is 0. The van der Waals surface area contributed by atoms with Crippen LogP contribution in [0.25, 0.3) is 79.4 Å². The van der Waals surface area contributed by atoms with E-state index in [2.05, 4.69) is 126 Å². The maximum absolute atomic E-state index is 5.12. The Morgan fingerprint density at radius 1 is 0.513 bits per heavy atom. The van der Waals surface area contributed by atoms with Crippen molar-refractivity contribution in [3.05, 3.63) is 121 Å². The van der Waals surface area contributed by atoms with E-state index in [1.54, 1.807) is 0 Å². The van der Waals surface area contributed by atoms with Crippen LogP contribution in [-0.4, -0.2) is 9.38 Å². The van der Waals surface area contributed by atoms with E-state index in [0.29, 0.717) is 0 Å². The topological polar surface area (TPSA) is 17.3 Å². The Morgan fingerprint density at radius 3 is 1.97 bits per heavy atom. The minimum absolute atomic E-state index is 1.02. The molecule has 0 radical (unpaired) electrons. The summed E-state index contributed by atoms with van der Waals surface area (Å²) in [5, 5.41) is 5.23. The normalized spacial score (nSPS) is 12.1. The first-order valence-corrected chi connectivity index (χ1v) is 14.7. The highest BCUT2D eigenvalue weighted by molar-refractivity contribution is 7.26. The highest BCUT2D eigenvalue weighted by Crippen LogP contribution is 2.42. The van der Waals surface area contributed by atoms with Crippen LogP contribution in [0, 0.1) is 0 Å². The molecule has 0 saturated carbocycles. The third kappa shape index (κ3) is 3.04. The van der Waals surface area contributed by atoms with Crippen LogP contribution in [0.1, 0.15) is 0 Å². The van der Waals surface area contributed by atoms with E-state index in [4.69, 9.17) is 4.98 Å². The summed E-state index contributed by atoms with van der Waals surface area (Å²) in [4.78, 5) is 5.12. The van der Waals surface area contributed by atoms with Gasteiger partial charge in [0.2, 0.25) is 0 Å². The number of nitrogens with zero attached hydrogens (tertiary/aromatic N) is 2. The SMILES string of the molecule is c1ccc2c(c1)nc1c3sc4ccccc4c3cc(-c3ccc(-c4cccc5c4sc4ccccc45)cc3)n21. The Bertz CT molecular complexity index is 2390. The molecule has 0 aliphatic heterocycles. The molecule has 0 aliphatic carbocycles. The molecule has 0 fully saturated rings. The van der Waals surface area contributed by atoms with Crippen LogP contribution in [0.3, 0.4) is 0 Å². The van der Waals surface area contributed by atoms with Crippen molar-refractivity contribution in [3.8, 4) is 22.4 Å². The van der Waals surface area contributed by atoms with Gasteiger partial charge in [0.1, 0.15) is 0 Å². The average molecular weight is 533 g/mol. The minimum Gasteiger partial charge on any atom is -0.291 e. The summed E-state index contributed by atoms with van der Waals surface area (Å²) in [5.41, 5.74) is 8.08. The lowest BCUT2D eigenvalue weighted by Gasteiger charge is -2.10. The molecule has 182 valence electrons. The van der Waals surface area contributed by atoms with E-state index < -0.39 is 0 Å². The zero-order chi connectivity index (χ0) is 25.5. The van der Waals surface area contributed by atoms with E-state index in [1.807, 2.05) is 22.7 Å². The average Bonchev–Trinajstić information content (AvgIpc) is 3.68. The van der Waals surface area contributed by atoms with Crippen molar-refractivity contribution in [1.29, 1.82) is 0 Å². The van der Waals surface area contributed by atoms with Crippen molar-refractivity contribution in [3.63, 3.8) is 0 Å². The van der Waals surface area contributed by atoms with E-state index in [9.17, 15) is 0 Å². The number of fused-ring (bicyclic) bond motifs is 10. The molecular formula is C35H20N2S2. The number of hydrogen-bond acceptors (Lipinski definition) is 3. The molecule has 2 nitrogen and oxygen atoms in total. The van der Waals surface area contributed by atoms with Crippen molar-refractivity contribution < 1.29 is 0 Å². The lowest BCUT2D eigenvalue weighted by Crippen LogP contribution is -1.93. The number of imidazole rings is 1. The van der Waals surface area contributed by atoms with Crippen molar-refractivity contribution in [2.24, 2.45) is 0 Å². The van der Waals surface area contributed by atoms with Gasteiger partial charge in [-0.05, 0) is 47.0 Å².